The Hall–Kier alpha value is -0.710. The van der Waals surface area contributed by atoms with Gasteiger partial charge in [0.15, 0.2) is 0 Å². The first-order valence-corrected chi connectivity index (χ1v) is 18.5. The van der Waals surface area contributed by atoms with Crippen molar-refractivity contribution in [3.63, 3.8) is 0 Å². The summed E-state index contributed by atoms with van der Waals surface area (Å²) < 4.78 is 0. The number of rotatable bonds is 5. The van der Waals surface area contributed by atoms with Crippen LogP contribution in [0.25, 0.3) is 11.4 Å². The molecule has 2 aromatic heterocycles. The SMILES string of the molecule is B[PH](Cc1cccc(-c2cccc(C[PH](B)(C(C)(C)C)C(C)(C)C)n2)n1)(C(C)(C)C)C(C)(C)C. The Bertz CT molecular complexity index is 883. The summed E-state index contributed by atoms with van der Waals surface area (Å²) >= 11 is 0. The third kappa shape index (κ3) is 5.98. The van der Waals surface area contributed by atoms with Gasteiger partial charge in [0.1, 0.15) is 0 Å². The molecule has 34 heavy (non-hydrogen) atoms. The first kappa shape index (κ1) is 29.5. The predicted octanol–water partition coefficient (Wildman–Crippen LogP) is 6.93. The van der Waals surface area contributed by atoms with Crippen molar-refractivity contribution in [2.75, 3.05) is 0 Å². The third-order valence-corrected chi connectivity index (χ3v) is 24.9. The van der Waals surface area contributed by atoms with Crippen LogP contribution in [0.5, 0.6) is 0 Å². The number of pyridine rings is 2. The Balaban J connectivity index is 2.45. The zero-order valence-corrected chi connectivity index (χ0v) is 26.8. The standard InChI is InChI=1S/C28H52B2N2P2/c1-25(2,3)33(29,26(4,5)6)19-21-15-13-17-23(31-21)24-18-14-16-22(32-24)20-34(30,27(7,8)9)28(10,11)12/h13-18,33-34H,19-20,29-30H2,1-12H3. The molecule has 0 spiro atoms. The van der Waals surface area contributed by atoms with Crippen molar-refractivity contribution < 1.29 is 0 Å². The van der Waals surface area contributed by atoms with Crippen LogP contribution < -0.4 is 0 Å². The minimum absolute atomic E-state index is 0.302. The number of aromatic nitrogens is 2. The molecule has 2 aromatic rings. The summed E-state index contributed by atoms with van der Waals surface area (Å²) in [6, 6.07) is 13.1. The Morgan fingerprint density at radius 1 is 0.529 bits per heavy atom. The quantitative estimate of drug-likeness (QED) is 0.329. The van der Waals surface area contributed by atoms with Gasteiger partial charge >= 0.3 is 215 Å². The molecule has 6 heteroatoms. The maximum absolute atomic E-state index is 5.17. The second-order valence-electron chi connectivity index (χ2n) is 15.0. The first-order valence-electron chi connectivity index (χ1n) is 13.0. The summed E-state index contributed by atoms with van der Waals surface area (Å²) in [5.74, 6) is 0. The monoisotopic (exact) mass is 500 g/mol. The molecule has 0 saturated carbocycles. The fourth-order valence-corrected chi connectivity index (χ4v) is 13.9. The van der Waals surface area contributed by atoms with Crippen molar-refractivity contribution in [3.05, 3.63) is 47.8 Å². The van der Waals surface area contributed by atoms with Gasteiger partial charge in [0.25, 0.3) is 0 Å². The molecule has 190 valence electrons. The zero-order valence-electron chi connectivity index (χ0n) is 24.8. The second kappa shape index (κ2) is 9.63. The molecule has 0 amide bonds. The summed E-state index contributed by atoms with van der Waals surface area (Å²) in [6.07, 6.45) is 2.18. The maximum atomic E-state index is 5.17. The van der Waals surface area contributed by atoms with Gasteiger partial charge in [-0.25, -0.2) is 0 Å². The minimum atomic E-state index is -1.68. The van der Waals surface area contributed by atoms with E-state index < -0.39 is 14.3 Å². The Morgan fingerprint density at radius 2 is 0.794 bits per heavy atom. The van der Waals surface area contributed by atoms with Gasteiger partial charge in [0.2, 0.25) is 0 Å². The van der Waals surface area contributed by atoms with Crippen LogP contribution in [0.3, 0.4) is 0 Å². The molecule has 0 aliphatic heterocycles. The van der Waals surface area contributed by atoms with Crippen molar-refractivity contribution in [3.8, 4) is 11.4 Å². The average molecular weight is 500 g/mol. The van der Waals surface area contributed by atoms with Gasteiger partial charge in [0, 0.05) is 0 Å². The van der Waals surface area contributed by atoms with Crippen LogP contribution in [0.4, 0.5) is 0 Å². The van der Waals surface area contributed by atoms with Gasteiger partial charge in [0.05, 0.1) is 0 Å². The molecule has 2 nitrogen and oxygen atoms in total. The fourth-order valence-electron chi connectivity index (χ4n) is 5.48. The Labute approximate surface area is 214 Å². The van der Waals surface area contributed by atoms with Gasteiger partial charge in [-0.2, -0.15) is 0 Å². The van der Waals surface area contributed by atoms with Crippen LogP contribution in [-0.2, 0) is 12.3 Å². The van der Waals surface area contributed by atoms with Crippen molar-refractivity contribution in [1.29, 1.82) is 0 Å². The van der Waals surface area contributed by atoms with E-state index >= 15 is 0 Å². The van der Waals surface area contributed by atoms with Gasteiger partial charge in [-0.3, -0.25) is 0 Å². The van der Waals surface area contributed by atoms with Crippen LogP contribution in [0, 0.1) is 0 Å². The van der Waals surface area contributed by atoms with E-state index in [1.54, 1.807) is 0 Å². The van der Waals surface area contributed by atoms with Crippen LogP contribution in [-0.4, -0.2) is 45.7 Å². The summed E-state index contributed by atoms with van der Waals surface area (Å²) in [4.78, 5) is 10.3. The molecule has 2 heterocycles. The molecule has 0 aromatic carbocycles. The molecule has 0 bridgehead atoms. The van der Waals surface area contributed by atoms with Gasteiger partial charge in [-0.05, 0) is 0 Å². The molecule has 0 saturated heterocycles. The van der Waals surface area contributed by atoms with Crippen LogP contribution in [0.2, 0.25) is 0 Å². The molecule has 2 rings (SSSR count). The number of hydrogen-bond acceptors (Lipinski definition) is 2. The summed E-state index contributed by atoms with van der Waals surface area (Å²) in [5, 5.41) is 1.21. The van der Waals surface area contributed by atoms with Crippen molar-refractivity contribution in [2.45, 2.75) is 116 Å². The van der Waals surface area contributed by atoms with E-state index in [1.807, 2.05) is 0 Å². The van der Waals surface area contributed by atoms with E-state index in [2.05, 4.69) is 135 Å². The van der Waals surface area contributed by atoms with E-state index in [-0.39, 0.29) is 0 Å². The number of nitrogens with zero attached hydrogens (tertiary/aromatic N) is 2. The van der Waals surface area contributed by atoms with Crippen LogP contribution in [0.15, 0.2) is 36.4 Å². The van der Waals surface area contributed by atoms with Crippen molar-refractivity contribution in [1.82, 2.24) is 9.97 Å². The molecule has 0 atom stereocenters. The van der Waals surface area contributed by atoms with E-state index in [0.29, 0.717) is 20.6 Å². The predicted molar refractivity (Wildman–Crippen MR) is 168 cm³/mol. The zero-order chi connectivity index (χ0) is 26.4. The summed E-state index contributed by atoms with van der Waals surface area (Å²) in [7, 11) is 1.76. The molecule has 0 aliphatic carbocycles. The summed E-state index contributed by atoms with van der Waals surface area (Å²) in [6.45, 7) is 29.1. The van der Waals surface area contributed by atoms with Crippen LogP contribution in [0.1, 0.15) is 94.5 Å². The van der Waals surface area contributed by atoms with E-state index in [4.69, 9.17) is 9.97 Å². The Kier molecular flexibility index (Phi) is 8.36. The summed E-state index contributed by atoms with van der Waals surface area (Å²) in [5.41, 5.74) is 4.45. The van der Waals surface area contributed by atoms with E-state index in [0.717, 1.165) is 23.7 Å². The van der Waals surface area contributed by atoms with Crippen molar-refractivity contribution in [2.24, 2.45) is 0 Å². The average Bonchev–Trinajstić information content (AvgIpc) is 2.65. The van der Waals surface area contributed by atoms with Gasteiger partial charge in [-0.1, -0.05) is 0 Å². The van der Waals surface area contributed by atoms with Crippen molar-refractivity contribution >= 4 is 29.4 Å². The van der Waals surface area contributed by atoms with E-state index in [1.165, 1.54) is 11.4 Å². The van der Waals surface area contributed by atoms with Crippen LogP contribution >= 0.6 is 14.3 Å². The van der Waals surface area contributed by atoms with Gasteiger partial charge in [-0.15, -0.1) is 0 Å². The molecule has 0 N–H and O–H groups in total. The molecule has 0 radical (unpaired) electrons. The second-order valence-corrected chi connectivity index (χ2v) is 27.1. The van der Waals surface area contributed by atoms with E-state index in [9.17, 15) is 0 Å². The third-order valence-electron chi connectivity index (χ3n) is 9.57. The Morgan fingerprint density at radius 3 is 1.03 bits per heavy atom. The molecular formula is C28H52B2N2P2. The number of hydrogen-bond donors (Lipinski definition) is 0. The molecule has 0 fully saturated rings. The first-order chi connectivity index (χ1) is 15.1. The topological polar surface area (TPSA) is 25.8 Å². The molecule has 0 unspecified atom stereocenters. The molecular weight excluding hydrogens is 448 g/mol. The fraction of sp³-hybridized carbons (Fsp3) is 0.643. The normalized spacial score (nSPS) is 15.3. The van der Waals surface area contributed by atoms with Gasteiger partial charge < -0.3 is 0 Å². The molecule has 0 aliphatic rings.